The second kappa shape index (κ2) is 6.16. The molecular formula is C12H14FN3O5. The quantitative estimate of drug-likeness (QED) is 0.566. The van der Waals surface area contributed by atoms with Crippen LogP contribution in [-0.4, -0.2) is 28.6 Å². The number of halogens is 1. The third-order valence-corrected chi connectivity index (χ3v) is 2.68. The molecule has 0 aliphatic carbocycles. The maximum absolute atomic E-state index is 13.4. The molecule has 0 heterocycles. The molecule has 1 rings (SSSR count). The summed E-state index contributed by atoms with van der Waals surface area (Å²) in [6, 6.07) is 1.83. The SMILES string of the molecule is CC(C)(CNC(=O)Nc1cc([N+](=O)[O-])ccc1F)C(=O)O. The van der Waals surface area contributed by atoms with Crippen molar-refractivity contribution in [2.75, 3.05) is 11.9 Å². The van der Waals surface area contributed by atoms with E-state index in [0.717, 1.165) is 18.2 Å². The van der Waals surface area contributed by atoms with Crippen LogP contribution in [0, 0.1) is 21.3 Å². The first kappa shape index (κ1) is 16.3. The van der Waals surface area contributed by atoms with E-state index in [1.165, 1.54) is 13.8 Å². The third kappa shape index (κ3) is 4.41. The Hall–Kier alpha value is -2.71. The Kier molecular flexibility index (Phi) is 4.79. The van der Waals surface area contributed by atoms with Gasteiger partial charge >= 0.3 is 12.0 Å². The average molecular weight is 299 g/mol. The highest BCUT2D eigenvalue weighted by Crippen LogP contribution is 2.21. The van der Waals surface area contributed by atoms with Crippen LogP contribution in [-0.2, 0) is 4.79 Å². The van der Waals surface area contributed by atoms with Crippen LogP contribution in [0.25, 0.3) is 0 Å². The first-order valence-corrected chi connectivity index (χ1v) is 5.85. The highest BCUT2D eigenvalue weighted by Gasteiger charge is 2.27. The van der Waals surface area contributed by atoms with Gasteiger partial charge in [-0.25, -0.2) is 9.18 Å². The van der Waals surface area contributed by atoms with Crippen molar-refractivity contribution in [1.29, 1.82) is 0 Å². The Labute approximate surface area is 119 Å². The number of nitrogens with one attached hydrogen (secondary N) is 2. The molecule has 9 heteroatoms. The van der Waals surface area contributed by atoms with Crippen LogP contribution in [0.1, 0.15) is 13.8 Å². The standard InChI is InChI=1S/C12H14FN3O5/c1-12(2,10(17)18)6-14-11(19)15-9-5-7(16(20)21)3-4-8(9)13/h3-5H,6H2,1-2H3,(H,17,18)(H2,14,15,19). The molecule has 0 aliphatic rings. The minimum absolute atomic E-state index is 0.190. The van der Waals surface area contributed by atoms with E-state index < -0.39 is 28.2 Å². The number of benzene rings is 1. The third-order valence-electron chi connectivity index (χ3n) is 2.68. The molecule has 0 fully saturated rings. The summed E-state index contributed by atoms with van der Waals surface area (Å²) in [5.41, 5.74) is -1.94. The molecule has 0 atom stereocenters. The van der Waals surface area contributed by atoms with Crippen LogP contribution < -0.4 is 10.6 Å². The number of nitro groups is 1. The van der Waals surface area contributed by atoms with Crippen LogP contribution in [0.2, 0.25) is 0 Å². The van der Waals surface area contributed by atoms with E-state index >= 15 is 0 Å². The van der Waals surface area contributed by atoms with E-state index in [4.69, 9.17) is 5.11 Å². The van der Waals surface area contributed by atoms with Crippen molar-refractivity contribution in [3.63, 3.8) is 0 Å². The first-order valence-electron chi connectivity index (χ1n) is 5.85. The van der Waals surface area contributed by atoms with Crippen LogP contribution in [0.15, 0.2) is 18.2 Å². The van der Waals surface area contributed by atoms with Gasteiger partial charge in [-0.1, -0.05) is 0 Å². The number of non-ortho nitro benzene ring substituents is 1. The molecule has 1 aromatic rings. The Balaban J connectivity index is 2.73. The zero-order valence-corrected chi connectivity index (χ0v) is 11.3. The van der Waals surface area contributed by atoms with Crippen molar-refractivity contribution in [1.82, 2.24) is 5.32 Å². The van der Waals surface area contributed by atoms with Crippen molar-refractivity contribution in [2.24, 2.45) is 5.41 Å². The lowest BCUT2D eigenvalue weighted by atomic mass is 9.94. The van der Waals surface area contributed by atoms with Gasteiger partial charge in [0.05, 0.1) is 16.0 Å². The lowest BCUT2D eigenvalue weighted by Gasteiger charge is -2.19. The smallest absolute Gasteiger partial charge is 0.319 e. The van der Waals surface area contributed by atoms with Crippen LogP contribution in [0.5, 0.6) is 0 Å². The summed E-state index contributed by atoms with van der Waals surface area (Å²) in [6.45, 7) is 2.62. The van der Waals surface area contributed by atoms with Crippen molar-refractivity contribution >= 4 is 23.4 Å². The predicted octanol–water partition coefficient (Wildman–Crippen LogP) is 1.97. The second-order valence-corrected chi connectivity index (χ2v) is 4.92. The maximum atomic E-state index is 13.4. The molecule has 0 saturated heterocycles. The van der Waals surface area contributed by atoms with E-state index in [-0.39, 0.29) is 17.9 Å². The number of aliphatic carboxylic acids is 1. The largest absolute Gasteiger partial charge is 0.481 e. The summed E-state index contributed by atoms with van der Waals surface area (Å²) >= 11 is 0. The fraction of sp³-hybridized carbons (Fsp3) is 0.333. The zero-order valence-electron chi connectivity index (χ0n) is 11.3. The lowest BCUT2D eigenvalue weighted by molar-refractivity contribution is -0.384. The van der Waals surface area contributed by atoms with E-state index in [2.05, 4.69) is 10.6 Å². The maximum Gasteiger partial charge on any atom is 0.319 e. The molecule has 8 nitrogen and oxygen atoms in total. The first-order chi connectivity index (χ1) is 9.63. The van der Waals surface area contributed by atoms with E-state index in [1.54, 1.807) is 0 Å². The highest BCUT2D eigenvalue weighted by atomic mass is 19.1. The highest BCUT2D eigenvalue weighted by molar-refractivity contribution is 5.90. The summed E-state index contributed by atoms with van der Waals surface area (Å²) in [5, 5.41) is 23.8. The molecule has 0 radical (unpaired) electrons. The molecular weight excluding hydrogens is 285 g/mol. The number of amides is 2. The topological polar surface area (TPSA) is 122 Å². The van der Waals surface area contributed by atoms with Gasteiger partial charge in [-0.05, 0) is 19.9 Å². The van der Waals surface area contributed by atoms with Crippen molar-refractivity contribution < 1.29 is 24.0 Å². The number of urea groups is 1. The second-order valence-electron chi connectivity index (χ2n) is 4.92. The summed E-state index contributed by atoms with van der Waals surface area (Å²) < 4.78 is 13.4. The Morgan fingerprint density at radius 1 is 1.43 bits per heavy atom. The van der Waals surface area contributed by atoms with Crippen molar-refractivity contribution in [2.45, 2.75) is 13.8 Å². The van der Waals surface area contributed by atoms with E-state index in [9.17, 15) is 24.1 Å². The van der Waals surface area contributed by atoms with Crippen LogP contribution in [0.4, 0.5) is 20.6 Å². The molecule has 2 amide bonds. The van der Waals surface area contributed by atoms with Gasteiger partial charge in [0.1, 0.15) is 5.82 Å². The normalized spacial score (nSPS) is 10.8. The molecule has 0 unspecified atom stereocenters. The fourth-order valence-electron chi connectivity index (χ4n) is 1.27. The average Bonchev–Trinajstić information content (AvgIpc) is 2.38. The summed E-state index contributed by atoms with van der Waals surface area (Å²) in [5.74, 6) is -1.95. The number of nitro benzene ring substituents is 1. The number of hydrogen-bond donors (Lipinski definition) is 3. The van der Waals surface area contributed by atoms with Crippen molar-refractivity contribution in [3.05, 3.63) is 34.1 Å². The van der Waals surface area contributed by atoms with Gasteiger partial charge in [0, 0.05) is 18.7 Å². The van der Waals surface area contributed by atoms with Crippen LogP contribution >= 0.6 is 0 Å². The molecule has 114 valence electrons. The minimum Gasteiger partial charge on any atom is -0.481 e. The Morgan fingerprint density at radius 3 is 2.57 bits per heavy atom. The molecule has 0 saturated carbocycles. The van der Waals surface area contributed by atoms with Gasteiger partial charge in [-0.15, -0.1) is 0 Å². The number of carbonyl (C=O) groups is 2. The molecule has 0 spiro atoms. The predicted molar refractivity (Wildman–Crippen MR) is 71.5 cm³/mol. The number of hydrogen-bond acceptors (Lipinski definition) is 4. The minimum atomic E-state index is -1.20. The van der Waals surface area contributed by atoms with Crippen LogP contribution in [0.3, 0.4) is 0 Å². The van der Waals surface area contributed by atoms with Gasteiger partial charge in [0.15, 0.2) is 0 Å². The number of carboxylic acid groups (broad SMARTS) is 1. The number of carbonyl (C=O) groups excluding carboxylic acids is 1. The monoisotopic (exact) mass is 299 g/mol. The fourth-order valence-corrected chi connectivity index (χ4v) is 1.27. The molecule has 0 aromatic heterocycles. The number of carboxylic acids is 1. The van der Waals surface area contributed by atoms with Gasteiger partial charge in [0.25, 0.3) is 5.69 Å². The molecule has 0 bridgehead atoms. The Morgan fingerprint density at radius 2 is 2.05 bits per heavy atom. The number of nitrogens with zero attached hydrogens (tertiary/aromatic N) is 1. The molecule has 3 N–H and O–H groups in total. The molecule has 21 heavy (non-hydrogen) atoms. The number of rotatable bonds is 5. The van der Waals surface area contributed by atoms with Crippen molar-refractivity contribution in [3.8, 4) is 0 Å². The lowest BCUT2D eigenvalue weighted by Crippen LogP contribution is -2.40. The summed E-state index contributed by atoms with van der Waals surface area (Å²) in [7, 11) is 0. The zero-order chi connectivity index (χ0) is 16.2. The number of anilines is 1. The molecule has 1 aromatic carbocycles. The van der Waals surface area contributed by atoms with Gasteiger partial charge in [-0.2, -0.15) is 0 Å². The summed E-state index contributed by atoms with van der Waals surface area (Å²) in [6.07, 6.45) is 0. The molecule has 0 aliphatic heterocycles. The van der Waals surface area contributed by atoms with Gasteiger partial charge in [-0.3, -0.25) is 14.9 Å². The summed E-state index contributed by atoms with van der Waals surface area (Å²) in [4.78, 5) is 32.3. The van der Waals surface area contributed by atoms with Gasteiger partial charge < -0.3 is 15.7 Å². The van der Waals surface area contributed by atoms with E-state index in [1.807, 2.05) is 0 Å². The van der Waals surface area contributed by atoms with Gasteiger partial charge in [0.2, 0.25) is 0 Å². The Bertz CT molecular complexity index is 588. The van der Waals surface area contributed by atoms with E-state index in [0.29, 0.717) is 0 Å².